The molecule has 140 valence electrons. The van der Waals surface area contributed by atoms with Crippen LogP contribution in [0.15, 0.2) is 11.6 Å². The smallest absolute Gasteiger partial charge is 0.350 e. The van der Waals surface area contributed by atoms with E-state index in [1.54, 1.807) is 6.08 Å². The SMILES string of the molecule is O=C(NCCC1=CCCCC1)C(F)(F)C(F)(F)C(F)(F)C(F)(F)F. The Labute approximate surface area is 131 Å². The molecule has 11 heteroatoms. The minimum atomic E-state index is -7.06. The zero-order chi connectivity index (χ0) is 18.8. The molecule has 1 aliphatic carbocycles. The van der Waals surface area contributed by atoms with Crippen LogP contribution in [0.25, 0.3) is 0 Å². The van der Waals surface area contributed by atoms with Gasteiger partial charge in [0.25, 0.3) is 5.91 Å². The van der Waals surface area contributed by atoms with Crippen LogP contribution >= 0.6 is 0 Å². The molecule has 2 nitrogen and oxygen atoms in total. The summed E-state index contributed by atoms with van der Waals surface area (Å²) in [5.74, 6) is -23.1. The maximum absolute atomic E-state index is 13.2. The Morgan fingerprint density at radius 1 is 0.958 bits per heavy atom. The molecule has 0 saturated carbocycles. The van der Waals surface area contributed by atoms with Crippen molar-refractivity contribution in [3.05, 3.63) is 11.6 Å². The molecule has 0 aromatic rings. The molecule has 24 heavy (non-hydrogen) atoms. The highest BCUT2D eigenvalue weighted by Crippen LogP contribution is 2.53. The average Bonchev–Trinajstić information content (AvgIpc) is 2.46. The normalized spacial score (nSPS) is 17.5. The molecular weight excluding hydrogens is 357 g/mol. The lowest BCUT2D eigenvalue weighted by Crippen LogP contribution is -2.65. The minimum Gasteiger partial charge on any atom is -0.350 e. The van der Waals surface area contributed by atoms with Gasteiger partial charge in [0.15, 0.2) is 0 Å². The topological polar surface area (TPSA) is 29.1 Å². The van der Waals surface area contributed by atoms with Crippen molar-refractivity contribution in [1.29, 1.82) is 0 Å². The van der Waals surface area contributed by atoms with E-state index in [1.807, 2.05) is 0 Å². The second-order valence-corrected chi connectivity index (χ2v) is 5.33. The number of rotatable bonds is 6. The first-order valence-corrected chi connectivity index (χ1v) is 6.91. The van der Waals surface area contributed by atoms with E-state index < -0.39 is 36.4 Å². The van der Waals surface area contributed by atoms with Gasteiger partial charge in [0.05, 0.1) is 0 Å². The number of allylic oxidation sites excluding steroid dienone is 1. The highest BCUT2D eigenvalue weighted by atomic mass is 19.4. The molecule has 0 bridgehead atoms. The van der Waals surface area contributed by atoms with Gasteiger partial charge in [-0.15, -0.1) is 0 Å². The van der Waals surface area contributed by atoms with Crippen LogP contribution in [-0.4, -0.2) is 36.4 Å². The second-order valence-electron chi connectivity index (χ2n) is 5.33. The summed E-state index contributed by atoms with van der Waals surface area (Å²) < 4.78 is 114. The van der Waals surface area contributed by atoms with Gasteiger partial charge in [-0.25, -0.2) is 0 Å². The Kier molecular flexibility index (Phi) is 5.87. The van der Waals surface area contributed by atoms with Gasteiger partial charge in [0.1, 0.15) is 0 Å². The van der Waals surface area contributed by atoms with E-state index in [-0.39, 0.29) is 6.42 Å². The maximum atomic E-state index is 13.2. The number of amides is 1. The second kappa shape index (κ2) is 6.83. The van der Waals surface area contributed by atoms with E-state index in [2.05, 4.69) is 0 Å². The van der Waals surface area contributed by atoms with Crippen LogP contribution in [-0.2, 0) is 4.79 Å². The summed E-state index contributed by atoms with van der Waals surface area (Å²) in [6.07, 6.45) is -2.11. The van der Waals surface area contributed by atoms with Crippen molar-refractivity contribution in [3.63, 3.8) is 0 Å². The summed E-state index contributed by atoms with van der Waals surface area (Å²) in [7, 11) is 0. The Morgan fingerprint density at radius 2 is 1.54 bits per heavy atom. The Morgan fingerprint density at radius 3 is 2.00 bits per heavy atom. The summed E-state index contributed by atoms with van der Waals surface area (Å²) in [6, 6.07) is 0. The molecule has 0 radical (unpaired) electrons. The number of nitrogens with one attached hydrogen (secondary N) is 1. The Bertz CT molecular complexity index is 496. The summed E-state index contributed by atoms with van der Waals surface area (Å²) in [4.78, 5) is 11.1. The van der Waals surface area contributed by atoms with Crippen molar-refractivity contribution in [2.75, 3.05) is 6.54 Å². The first kappa shape index (κ1) is 20.6. The van der Waals surface area contributed by atoms with E-state index in [4.69, 9.17) is 0 Å². The van der Waals surface area contributed by atoms with E-state index in [0.29, 0.717) is 6.42 Å². The van der Waals surface area contributed by atoms with Gasteiger partial charge < -0.3 is 5.32 Å². The first-order chi connectivity index (χ1) is 10.7. The molecule has 1 amide bonds. The molecule has 1 rings (SSSR count). The van der Waals surface area contributed by atoms with Gasteiger partial charge in [-0.1, -0.05) is 11.6 Å². The lowest BCUT2D eigenvalue weighted by atomic mass is 9.97. The van der Waals surface area contributed by atoms with Crippen molar-refractivity contribution < 1.29 is 44.3 Å². The van der Waals surface area contributed by atoms with Gasteiger partial charge in [-0.2, -0.15) is 39.5 Å². The molecule has 0 aromatic carbocycles. The molecule has 0 aromatic heterocycles. The van der Waals surface area contributed by atoms with Crippen molar-refractivity contribution in [3.8, 4) is 0 Å². The van der Waals surface area contributed by atoms with Crippen molar-refractivity contribution in [2.24, 2.45) is 0 Å². The highest BCUT2D eigenvalue weighted by Gasteiger charge is 2.83. The van der Waals surface area contributed by atoms with Crippen LogP contribution < -0.4 is 5.32 Å². The third-order valence-electron chi connectivity index (χ3n) is 3.55. The summed E-state index contributed by atoms with van der Waals surface area (Å²) in [5.41, 5.74) is 0.761. The third kappa shape index (κ3) is 3.80. The van der Waals surface area contributed by atoms with Crippen molar-refractivity contribution >= 4 is 5.91 Å². The zero-order valence-corrected chi connectivity index (χ0v) is 12.1. The molecule has 0 saturated heterocycles. The maximum Gasteiger partial charge on any atom is 0.460 e. The van der Waals surface area contributed by atoms with Crippen molar-refractivity contribution in [1.82, 2.24) is 5.32 Å². The van der Waals surface area contributed by atoms with Gasteiger partial charge in [-0.05, 0) is 32.1 Å². The molecule has 0 unspecified atom stereocenters. The summed E-state index contributed by atoms with van der Waals surface area (Å²) >= 11 is 0. The number of carbonyl (C=O) groups is 1. The predicted octanol–water partition coefficient (Wildman–Crippen LogP) is 4.46. The number of halogens is 9. The number of alkyl halides is 9. The molecule has 0 aliphatic heterocycles. The Balaban J connectivity index is 2.78. The van der Waals surface area contributed by atoms with Gasteiger partial charge in [-0.3, -0.25) is 4.79 Å². The van der Waals surface area contributed by atoms with Crippen LogP contribution in [0, 0.1) is 0 Å². The predicted molar refractivity (Wildman–Crippen MR) is 65.1 cm³/mol. The molecule has 0 spiro atoms. The summed E-state index contributed by atoms with van der Waals surface area (Å²) in [6.45, 7) is -0.575. The van der Waals surface area contributed by atoms with E-state index in [9.17, 15) is 44.3 Å². The fourth-order valence-electron chi connectivity index (χ4n) is 2.10. The van der Waals surface area contributed by atoms with Crippen LogP contribution in [0.5, 0.6) is 0 Å². The van der Waals surface area contributed by atoms with Crippen LogP contribution in [0.2, 0.25) is 0 Å². The number of carbonyl (C=O) groups excluding carboxylic acids is 1. The van der Waals surface area contributed by atoms with Crippen LogP contribution in [0.1, 0.15) is 32.1 Å². The zero-order valence-electron chi connectivity index (χ0n) is 12.1. The molecule has 0 heterocycles. The average molecular weight is 371 g/mol. The van der Waals surface area contributed by atoms with Crippen LogP contribution in [0.4, 0.5) is 39.5 Å². The lowest BCUT2D eigenvalue weighted by molar-refractivity contribution is -0.388. The highest BCUT2D eigenvalue weighted by molar-refractivity contribution is 5.84. The standard InChI is InChI=1S/C13H14F9NO/c14-10(15,11(16,17)12(18,19)13(20,21)22)9(24)23-7-6-8-4-2-1-3-5-8/h4H,1-3,5-7H2,(H,23,24). The van der Waals surface area contributed by atoms with E-state index in [1.165, 1.54) is 5.32 Å². The monoisotopic (exact) mass is 371 g/mol. The third-order valence-corrected chi connectivity index (χ3v) is 3.55. The Hall–Kier alpha value is -1.42. The van der Waals surface area contributed by atoms with E-state index >= 15 is 0 Å². The molecule has 0 atom stereocenters. The quantitative estimate of drug-likeness (QED) is 0.542. The fourth-order valence-corrected chi connectivity index (χ4v) is 2.10. The molecular formula is C13H14F9NO. The van der Waals surface area contributed by atoms with Gasteiger partial charge >= 0.3 is 23.9 Å². The van der Waals surface area contributed by atoms with Gasteiger partial charge in [0.2, 0.25) is 0 Å². The number of hydrogen-bond acceptors (Lipinski definition) is 1. The lowest BCUT2D eigenvalue weighted by Gasteiger charge is -2.32. The fraction of sp³-hybridized carbons (Fsp3) is 0.769. The molecule has 1 aliphatic rings. The van der Waals surface area contributed by atoms with E-state index in [0.717, 1.165) is 24.8 Å². The molecule has 0 fully saturated rings. The molecule has 1 N–H and O–H groups in total. The van der Waals surface area contributed by atoms with Gasteiger partial charge in [0, 0.05) is 6.54 Å². The first-order valence-electron chi connectivity index (χ1n) is 6.91. The largest absolute Gasteiger partial charge is 0.460 e. The number of hydrogen-bond donors (Lipinski definition) is 1. The summed E-state index contributed by atoms with van der Waals surface area (Å²) in [5, 5.41) is 1.29. The van der Waals surface area contributed by atoms with Crippen molar-refractivity contribution in [2.45, 2.75) is 56.0 Å². The minimum absolute atomic E-state index is 0.0169. The van der Waals surface area contributed by atoms with Crippen LogP contribution in [0.3, 0.4) is 0 Å².